The third kappa shape index (κ3) is 3.90. The summed E-state index contributed by atoms with van der Waals surface area (Å²) in [5.74, 6) is -0.547. The van der Waals surface area contributed by atoms with Crippen LogP contribution in [0.3, 0.4) is 0 Å². The Morgan fingerprint density at radius 2 is 2.00 bits per heavy atom. The van der Waals surface area contributed by atoms with E-state index in [0.717, 1.165) is 22.7 Å². The Hall–Kier alpha value is -3.82. The fourth-order valence-corrected chi connectivity index (χ4v) is 4.86. The Morgan fingerprint density at radius 3 is 2.72 bits per heavy atom. The van der Waals surface area contributed by atoms with E-state index >= 15 is 0 Å². The van der Waals surface area contributed by atoms with Crippen molar-refractivity contribution < 1.29 is 9.50 Å². The first-order valence-electron chi connectivity index (χ1n) is 11.5. The molecule has 1 unspecified atom stereocenters. The Kier molecular flexibility index (Phi) is 6.19. The molecule has 36 heavy (non-hydrogen) atoms. The first kappa shape index (κ1) is 23.9. The number of hydrogen-bond donors (Lipinski definition) is 2. The number of aryl methyl sites for hydroxylation is 3. The first-order chi connectivity index (χ1) is 17.3. The molecule has 8 nitrogen and oxygen atoms in total. The van der Waals surface area contributed by atoms with E-state index in [2.05, 4.69) is 20.4 Å². The summed E-state index contributed by atoms with van der Waals surface area (Å²) < 4.78 is 18.0. The molecule has 0 amide bonds. The van der Waals surface area contributed by atoms with Crippen LogP contribution < -0.4 is 10.9 Å². The van der Waals surface area contributed by atoms with Crippen molar-refractivity contribution in [1.29, 1.82) is 0 Å². The highest BCUT2D eigenvalue weighted by Crippen LogP contribution is 2.35. The quantitative estimate of drug-likeness (QED) is 0.326. The lowest BCUT2D eigenvalue weighted by Gasteiger charge is -2.23. The Morgan fingerprint density at radius 1 is 1.19 bits per heavy atom. The molecule has 5 aromatic rings. The van der Waals surface area contributed by atoms with Gasteiger partial charge in [-0.2, -0.15) is 5.10 Å². The minimum Gasteiger partial charge on any atom is -0.394 e. The summed E-state index contributed by atoms with van der Waals surface area (Å²) in [7, 11) is 1.73. The predicted octanol–water partition coefficient (Wildman–Crippen LogP) is 4.61. The molecule has 0 bridgehead atoms. The van der Waals surface area contributed by atoms with Crippen LogP contribution in [0.2, 0.25) is 5.15 Å². The molecule has 0 radical (unpaired) electrons. The number of anilines is 1. The number of benzene rings is 1. The summed E-state index contributed by atoms with van der Waals surface area (Å²) in [6, 6.07) is 7.94. The number of aliphatic hydroxyl groups excluding tert-OH is 1. The second kappa shape index (κ2) is 9.33. The van der Waals surface area contributed by atoms with E-state index in [0.29, 0.717) is 28.7 Å². The molecule has 4 aromatic heterocycles. The van der Waals surface area contributed by atoms with Crippen molar-refractivity contribution in [3.63, 3.8) is 0 Å². The minimum absolute atomic E-state index is 0.151. The molecular formula is C26H24ClFN6O2. The van der Waals surface area contributed by atoms with E-state index in [1.807, 2.05) is 26.0 Å². The molecule has 2 N–H and O–H groups in total. The number of aromatic nitrogens is 5. The molecule has 0 aliphatic rings. The third-order valence-electron chi connectivity index (χ3n) is 6.32. The van der Waals surface area contributed by atoms with Gasteiger partial charge in [0, 0.05) is 41.5 Å². The Balaban J connectivity index is 1.74. The van der Waals surface area contributed by atoms with Gasteiger partial charge in [-0.05, 0) is 49.2 Å². The molecule has 4 heterocycles. The maximum absolute atomic E-state index is 14.6. The zero-order chi connectivity index (χ0) is 25.6. The van der Waals surface area contributed by atoms with Crippen molar-refractivity contribution in [2.75, 3.05) is 11.9 Å². The lowest BCUT2D eigenvalue weighted by atomic mass is 9.95. The van der Waals surface area contributed by atoms with E-state index in [4.69, 9.17) is 11.6 Å². The van der Waals surface area contributed by atoms with Crippen molar-refractivity contribution in [3.8, 4) is 11.3 Å². The van der Waals surface area contributed by atoms with Crippen LogP contribution >= 0.6 is 11.6 Å². The van der Waals surface area contributed by atoms with E-state index < -0.39 is 11.9 Å². The molecule has 0 spiro atoms. The summed E-state index contributed by atoms with van der Waals surface area (Å²) in [6.07, 6.45) is 4.33. The summed E-state index contributed by atoms with van der Waals surface area (Å²) >= 11 is 6.15. The summed E-state index contributed by atoms with van der Waals surface area (Å²) in [4.78, 5) is 21.5. The minimum atomic E-state index is -0.640. The number of rotatable bonds is 6. The first-order valence-corrected chi connectivity index (χ1v) is 11.8. The molecule has 10 heteroatoms. The zero-order valence-corrected chi connectivity index (χ0v) is 20.7. The molecule has 184 valence electrons. The van der Waals surface area contributed by atoms with Crippen LogP contribution in [0.15, 0.2) is 53.7 Å². The summed E-state index contributed by atoms with van der Waals surface area (Å²) in [5.41, 5.74) is 3.13. The van der Waals surface area contributed by atoms with Gasteiger partial charge >= 0.3 is 0 Å². The van der Waals surface area contributed by atoms with Crippen molar-refractivity contribution >= 4 is 39.1 Å². The lowest BCUT2D eigenvalue weighted by molar-refractivity contribution is 0.277. The number of nitrogens with zero attached hydrogens (tertiary/aromatic N) is 5. The monoisotopic (exact) mass is 506 g/mol. The topological polar surface area (TPSA) is 97.9 Å². The fourth-order valence-electron chi connectivity index (χ4n) is 4.71. The zero-order valence-electron chi connectivity index (χ0n) is 20.0. The van der Waals surface area contributed by atoms with Crippen molar-refractivity contribution in [3.05, 3.63) is 81.4 Å². The molecular weight excluding hydrogens is 483 g/mol. The number of hydrogen-bond acceptors (Lipinski definition) is 6. The molecule has 0 fully saturated rings. The van der Waals surface area contributed by atoms with Crippen molar-refractivity contribution in [2.24, 2.45) is 7.05 Å². The predicted molar refractivity (Wildman–Crippen MR) is 139 cm³/mol. The van der Waals surface area contributed by atoms with Crippen LogP contribution in [0.4, 0.5) is 10.1 Å². The van der Waals surface area contributed by atoms with Gasteiger partial charge < -0.3 is 10.4 Å². The molecule has 0 saturated carbocycles. The van der Waals surface area contributed by atoms with Gasteiger partial charge in [0.05, 0.1) is 36.4 Å². The van der Waals surface area contributed by atoms with Gasteiger partial charge in [-0.25, -0.2) is 14.1 Å². The van der Waals surface area contributed by atoms with Crippen LogP contribution in [-0.4, -0.2) is 36.0 Å². The maximum atomic E-state index is 14.6. The van der Waals surface area contributed by atoms with Gasteiger partial charge in [-0.3, -0.25) is 14.3 Å². The highest BCUT2D eigenvalue weighted by atomic mass is 35.5. The van der Waals surface area contributed by atoms with Crippen LogP contribution in [0.1, 0.15) is 24.1 Å². The molecule has 1 atom stereocenters. The SMILES string of the molecule is CCn1ncc2c3c(C(CO)Nc4ccc(Cl)nc4-c4ccncc4F)cc(C)cc3c(=O)n(C)c21. The Labute approximate surface area is 211 Å². The summed E-state index contributed by atoms with van der Waals surface area (Å²) in [5, 5.41) is 20.5. The number of halogens is 2. The molecule has 0 saturated heterocycles. The van der Waals surface area contributed by atoms with Gasteiger partial charge in [-0.1, -0.05) is 17.7 Å². The van der Waals surface area contributed by atoms with E-state index in [1.165, 1.54) is 12.3 Å². The number of aliphatic hydroxyl groups is 1. The van der Waals surface area contributed by atoms with Crippen LogP contribution in [0.25, 0.3) is 33.1 Å². The Bertz CT molecular complexity index is 1680. The molecule has 1 aromatic carbocycles. The molecule has 5 rings (SSSR count). The molecule has 0 aliphatic carbocycles. The highest BCUT2D eigenvalue weighted by Gasteiger charge is 2.23. The van der Waals surface area contributed by atoms with Gasteiger partial charge in [0.1, 0.15) is 10.8 Å². The highest BCUT2D eigenvalue weighted by molar-refractivity contribution is 6.29. The third-order valence-corrected chi connectivity index (χ3v) is 6.53. The van der Waals surface area contributed by atoms with Crippen LogP contribution in [0, 0.1) is 12.7 Å². The van der Waals surface area contributed by atoms with Gasteiger partial charge in [0.25, 0.3) is 5.56 Å². The van der Waals surface area contributed by atoms with Gasteiger partial charge in [0.2, 0.25) is 0 Å². The normalized spacial score (nSPS) is 12.4. The van der Waals surface area contributed by atoms with Crippen molar-refractivity contribution in [1.82, 2.24) is 24.3 Å². The average Bonchev–Trinajstić information content (AvgIpc) is 3.30. The second-order valence-corrected chi connectivity index (χ2v) is 8.99. The fraction of sp³-hybridized carbons (Fsp3) is 0.231. The second-order valence-electron chi connectivity index (χ2n) is 8.60. The van der Waals surface area contributed by atoms with Crippen LogP contribution in [0.5, 0.6) is 0 Å². The largest absolute Gasteiger partial charge is 0.394 e. The number of pyridine rings is 3. The molecule has 0 aliphatic heterocycles. The van der Waals surface area contributed by atoms with Gasteiger partial charge in [0.15, 0.2) is 5.82 Å². The van der Waals surface area contributed by atoms with Crippen molar-refractivity contribution in [2.45, 2.75) is 26.4 Å². The van der Waals surface area contributed by atoms with Crippen LogP contribution in [-0.2, 0) is 13.6 Å². The number of nitrogens with one attached hydrogen (secondary N) is 1. The average molecular weight is 507 g/mol. The lowest BCUT2D eigenvalue weighted by Crippen LogP contribution is -2.22. The standard InChI is InChI=1S/C26H24ClFN6O2/c1-4-34-25-18(11-30-34)23-16(9-14(2)10-17(23)26(36)33(25)3)21(13-35)31-20-5-6-22(27)32-24(20)15-7-8-29-12-19(15)28/h5-12,21,31,35H,4,13H2,1-3H3. The van der Waals surface area contributed by atoms with E-state index in [-0.39, 0.29) is 28.6 Å². The van der Waals surface area contributed by atoms with E-state index in [1.54, 1.807) is 34.6 Å². The number of fused-ring (bicyclic) bond motifs is 3. The van der Waals surface area contributed by atoms with Gasteiger partial charge in [-0.15, -0.1) is 0 Å². The maximum Gasteiger partial charge on any atom is 0.259 e. The van der Waals surface area contributed by atoms with E-state index in [9.17, 15) is 14.3 Å². The summed E-state index contributed by atoms with van der Waals surface area (Å²) in [6.45, 7) is 4.17. The smallest absolute Gasteiger partial charge is 0.259 e.